The van der Waals surface area contributed by atoms with Gasteiger partial charge in [-0.2, -0.15) is 0 Å². The number of nitrogen functional groups attached to an aromatic ring is 1. The molecule has 1 aromatic carbocycles. The van der Waals surface area contributed by atoms with Gasteiger partial charge in [-0.25, -0.2) is 9.97 Å². The molecule has 0 aliphatic carbocycles. The zero-order chi connectivity index (χ0) is 20.1. The van der Waals surface area contributed by atoms with E-state index in [2.05, 4.69) is 9.97 Å². The van der Waals surface area contributed by atoms with Gasteiger partial charge in [0.2, 0.25) is 5.82 Å². The average Bonchev–Trinajstić information content (AvgIpc) is 2.72. The van der Waals surface area contributed by atoms with Crippen LogP contribution in [0.1, 0.15) is 22.6 Å². The number of aliphatic carboxylic acids is 1. The van der Waals surface area contributed by atoms with Crippen LogP contribution in [0.3, 0.4) is 0 Å². The number of rotatable bonds is 6. The van der Waals surface area contributed by atoms with Crippen LogP contribution in [0.25, 0.3) is 11.1 Å². The molecule has 1 aromatic heterocycles. The van der Waals surface area contributed by atoms with E-state index < -0.39 is 5.97 Å². The van der Waals surface area contributed by atoms with Gasteiger partial charge in [0, 0.05) is 56.2 Å². The van der Waals surface area contributed by atoms with Gasteiger partial charge >= 0.3 is 5.97 Å². The first kappa shape index (κ1) is 19.4. The summed E-state index contributed by atoms with van der Waals surface area (Å²) in [5, 5.41) is 16.2. The highest BCUT2D eigenvalue weighted by Crippen LogP contribution is 2.18. The molecule has 1 amide bonds. The number of carbonyl (C=O) groups excluding carboxylic acids is 1. The molecule has 1 aliphatic rings. The van der Waals surface area contributed by atoms with Gasteiger partial charge in [0.05, 0.1) is 6.42 Å². The lowest BCUT2D eigenvalue weighted by molar-refractivity contribution is -0.137. The Balaban J connectivity index is 1.59. The summed E-state index contributed by atoms with van der Waals surface area (Å²) >= 11 is 0. The minimum Gasteiger partial charge on any atom is -0.481 e. The van der Waals surface area contributed by atoms with E-state index in [9.17, 15) is 9.59 Å². The minimum absolute atomic E-state index is 0.00630. The van der Waals surface area contributed by atoms with Crippen LogP contribution in [0.15, 0.2) is 36.7 Å². The molecule has 1 saturated heterocycles. The molecule has 1 aliphatic heterocycles. The summed E-state index contributed by atoms with van der Waals surface area (Å²) in [6, 6.07) is 7.15. The number of hydrogen-bond donors (Lipinski definition) is 3. The number of carboxylic acid groups (broad SMARTS) is 1. The van der Waals surface area contributed by atoms with E-state index in [1.807, 2.05) is 17.0 Å². The Bertz CT molecular complexity index is 858. The number of amides is 1. The van der Waals surface area contributed by atoms with Gasteiger partial charge in [0.25, 0.3) is 5.91 Å². The second kappa shape index (κ2) is 8.57. The standard InChI is InChI=1S/C19H22N6O3/c20-17(21)14-3-1-13(2-4-14)15-11-22-18(23-12-15)19(28)25-9-7-24(8-10-25)6-5-16(26)27/h1-4,11-12H,5-10H2,(H3,20,21)(H,26,27). The zero-order valence-corrected chi connectivity index (χ0v) is 15.3. The van der Waals surface area contributed by atoms with Gasteiger partial charge < -0.3 is 15.7 Å². The Kier molecular flexibility index (Phi) is 5.95. The number of piperazine rings is 1. The smallest absolute Gasteiger partial charge is 0.304 e. The highest BCUT2D eigenvalue weighted by Gasteiger charge is 2.24. The van der Waals surface area contributed by atoms with E-state index in [4.69, 9.17) is 16.2 Å². The fourth-order valence-electron chi connectivity index (χ4n) is 3.00. The monoisotopic (exact) mass is 382 g/mol. The van der Waals surface area contributed by atoms with Crippen LogP contribution >= 0.6 is 0 Å². The van der Waals surface area contributed by atoms with Gasteiger partial charge in [-0.05, 0) is 5.56 Å². The highest BCUT2D eigenvalue weighted by molar-refractivity contribution is 5.95. The van der Waals surface area contributed by atoms with E-state index in [-0.39, 0.29) is 24.0 Å². The highest BCUT2D eigenvalue weighted by atomic mass is 16.4. The predicted octanol–water partition coefficient (Wildman–Crippen LogP) is 0.660. The Morgan fingerprint density at radius 3 is 2.18 bits per heavy atom. The summed E-state index contributed by atoms with van der Waals surface area (Å²) < 4.78 is 0. The summed E-state index contributed by atoms with van der Waals surface area (Å²) in [4.78, 5) is 35.4. The van der Waals surface area contributed by atoms with Crippen molar-refractivity contribution in [2.24, 2.45) is 5.73 Å². The maximum absolute atomic E-state index is 12.6. The third kappa shape index (κ3) is 4.68. The van der Waals surface area contributed by atoms with Crippen molar-refractivity contribution in [1.29, 1.82) is 5.41 Å². The maximum atomic E-state index is 12.6. The molecule has 2 aromatic rings. The summed E-state index contributed by atoms with van der Waals surface area (Å²) in [6.07, 6.45) is 3.31. The molecule has 28 heavy (non-hydrogen) atoms. The van der Waals surface area contributed by atoms with Gasteiger partial charge in [-0.1, -0.05) is 24.3 Å². The normalized spacial score (nSPS) is 14.6. The summed E-state index contributed by atoms with van der Waals surface area (Å²) in [5.41, 5.74) is 7.73. The number of carboxylic acids is 1. The molecule has 3 rings (SSSR count). The molecule has 0 saturated carbocycles. The Labute approximate surface area is 162 Å². The number of nitrogens with zero attached hydrogens (tertiary/aromatic N) is 4. The number of aromatic nitrogens is 2. The van der Waals surface area contributed by atoms with E-state index in [0.717, 1.165) is 11.1 Å². The van der Waals surface area contributed by atoms with Gasteiger partial charge in [0.1, 0.15) is 5.84 Å². The van der Waals surface area contributed by atoms with E-state index in [1.165, 1.54) is 0 Å². The molecular weight excluding hydrogens is 360 g/mol. The van der Waals surface area contributed by atoms with Crippen LogP contribution in [0.5, 0.6) is 0 Å². The number of benzene rings is 1. The van der Waals surface area contributed by atoms with E-state index in [1.54, 1.807) is 29.4 Å². The lowest BCUT2D eigenvalue weighted by atomic mass is 10.1. The summed E-state index contributed by atoms with van der Waals surface area (Å²) in [7, 11) is 0. The Morgan fingerprint density at radius 1 is 1.04 bits per heavy atom. The van der Waals surface area contributed by atoms with Crippen molar-refractivity contribution in [3.05, 3.63) is 48.0 Å². The van der Waals surface area contributed by atoms with Crippen LogP contribution in [0, 0.1) is 5.41 Å². The van der Waals surface area contributed by atoms with Crippen LogP contribution in [-0.4, -0.2) is 75.3 Å². The van der Waals surface area contributed by atoms with E-state index in [0.29, 0.717) is 38.3 Å². The minimum atomic E-state index is -0.817. The topological polar surface area (TPSA) is 136 Å². The maximum Gasteiger partial charge on any atom is 0.304 e. The van der Waals surface area contributed by atoms with Gasteiger partial charge in [0.15, 0.2) is 0 Å². The first-order chi connectivity index (χ1) is 13.4. The number of nitrogens with two attached hydrogens (primary N) is 1. The second-order valence-corrected chi connectivity index (χ2v) is 6.56. The Hall–Kier alpha value is -3.33. The first-order valence-electron chi connectivity index (χ1n) is 8.94. The lowest BCUT2D eigenvalue weighted by Gasteiger charge is -2.34. The molecule has 0 unspecified atom stereocenters. The third-order valence-electron chi connectivity index (χ3n) is 4.67. The average molecular weight is 382 g/mol. The van der Waals surface area contributed by atoms with Gasteiger partial charge in [-0.3, -0.25) is 19.9 Å². The van der Waals surface area contributed by atoms with Crippen molar-refractivity contribution >= 4 is 17.7 Å². The Morgan fingerprint density at radius 2 is 1.64 bits per heavy atom. The van der Waals surface area contributed by atoms with Crippen LogP contribution in [0.4, 0.5) is 0 Å². The quantitative estimate of drug-likeness (QED) is 0.493. The zero-order valence-electron chi connectivity index (χ0n) is 15.3. The first-order valence-corrected chi connectivity index (χ1v) is 8.94. The fraction of sp³-hybridized carbons (Fsp3) is 0.316. The number of hydrogen-bond acceptors (Lipinski definition) is 6. The van der Waals surface area contributed by atoms with Crippen molar-refractivity contribution < 1.29 is 14.7 Å². The van der Waals surface area contributed by atoms with Crippen LogP contribution in [0.2, 0.25) is 0 Å². The molecule has 9 nitrogen and oxygen atoms in total. The number of nitrogens with one attached hydrogen (secondary N) is 1. The van der Waals surface area contributed by atoms with Crippen molar-refractivity contribution in [1.82, 2.24) is 19.8 Å². The molecule has 0 atom stereocenters. The molecule has 0 radical (unpaired) electrons. The molecule has 146 valence electrons. The molecular formula is C19H22N6O3. The largest absolute Gasteiger partial charge is 0.481 e. The molecule has 0 spiro atoms. The molecule has 0 bridgehead atoms. The van der Waals surface area contributed by atoms with Crippen LogP contribution in [-0.2, 0) is 4.79 Å². The van der Waals surface area contributed by atoms with Crippen molar-refractivity contribution in [2.75, 3.05) is 32.7 Å². The third-order valence-corrected chi connectivity index (χ3v) is 4.67. The van der Waals surface area contributed by atoms with Crippen LogP contribution < -0.4 is 5.73 Å². The summed E-state index contributed by atoms with van der Waals surface area (Å²) in [5.74, 6) is -0.894. The fourth-order valence-corrected chi connectivity index (χ4v) is 3.00. The molecule has 4 N–H and O–H groups in total. The molecule has 9 heteroatoms. The lowest BCUT2D eigenvalue weighted by Crippen LogP contribution is -2.49. The molecule has 1 fully saturated rings. The number of amidine groups is 1. The van der Waals surface area contributed by atoms with Crippen molar-refractivity contribution in [2.45, 2.75) is 6.42 Å². The second-order valence-electron chi connectivity index (χ2n) is 6.56. The van der Waals surface area contributed by atoms with Crippen molar-refractivity contribution in [3.8, 4) is 11.1 Å². The van der Waals surface area contributed by atoms with Crippen molar-refractivity contribution in [3.63, 3.8) is 0 Å². The van der Waals surface area contributed by atoms with Gasteiger partial charge in [-0.15, -0.1) is 0 Å². The van der Waals surface area contributed by atoms with E-state index >= 15 is 0 Å². The number of carbonyl (C=O) groups is 2. The predicted molar refractivity (Wildman–Crippen MR) is 103 cm³/mol. The summed E-state index contributed by atoms with van der Waals surface area (Å²) in [6.45, 7) is 2.82. The molecule has 2 heterocycles. The SMILES string of the molecule is N=C(N)c1ccc(-c2cnc(C(=O)N3CCN(CCC(=O)O)CC3)nc2)cc1.